The fourth-order valence-corrected chi connectivity index (χ4v) is 2.02. The van der Waals surface area contributed by atoms with Crippen LogP contribution in [0, 0.1) is 0 Å². The third-order valence-electron chi connectivity index (χ3n) is 3.15. The molecule has 1 aromatic carbocycles. The van der Waals surface area contributed by atoms with Gasteiger partial charge in [0, 0.05) is 18.5 Å². The topological polar surface area (TPSA) is 82.8 Å². The summed E-state index contributed by atoms with van der Waals surface area (Å²) in [6, 6.07) is 3.68. The highest BCUT2D eigenvalue weighted by atomic mass is 16.5. The second-order valence-electron chi connectivity index (χ2n) is 5.76. The molecule has 0 aliphatic carbocycles. The van der Waals surface area contributed by atoms with E-state index in [0.717, 1.165) is 5.56 Å². The van der Waals surface area contributed by atoms with Gasteiger partial charge in [-0.2, -0.15) is 0 Å². The van der Waals surface area contributed by atoms with Crippen LogP contribution >= 0.6 is 0 Å². The maximum Gasteiger partial charge on any atom is 0.220 e. The Kier molecular flexibility index (Phi) is 6.49. The van der Waals surface area contributed by atoms with Crippen molar-refractivity contribution in [1.29, 1.82) is 0 Å². The summed E-state index contributed by atoms with van der Waals surface area (Å²) in [5.74, 6) is 1.67. The van der Waals surface area contributed by atoms with Crippen molar-refractivity contribution in [2.24, 2.45) is 5.73 Å². The van der Waals surface area contributed by atoms with Gasteiger partial charge >= 0.3 is 0 Å². The monoisotopic (exact) mass is 310 g/mol. The summed E-state index contributed by atoms with van der Waals surface area (Å²) in [6.07, 6.45) is 0.891. The molecule has 0 fully saturated rings. The Bertz CT molecular complexity index is 510. The molecule has 0 heterocycles. The third-order valence-corrected chi connectivity index (χ3v) is 3.15. The molecule has 1 amide bonds. The standard InChI is InChI=1S/C16H26N2O4/c1-16(2,17)10-18-13(19)9-7-11-6-8-12(20-3)15(22-5)14(11)21-4/h6,8H,7,9-10,17H2,1-5H3,(H,18,19). The Hall–Kier alpha value is -1.95. The van der Waals surface area contributed by atoms with Gasteiger partial charge in [-0.1, -0.05) is 6.07 Å². The quantitative estimate of drug-likeness (QED) is 0.760. The molecule has 124 valence electrons. The van der Waals surface area contributed by atoms with E-state index in [0.29, 0.717) is 36.6 Å². The number of ether oxygens (including phenoxy) is 3. The summed E-state index contributed by atoms with van der Waals surface area (Å²) in [7, 11) is 4.69. The molecule has 6 nitrogen and oxygen atoms in total. The molecule has 22 heavy (non-hydrogen) atoms. The van der Waals surface area contributed by atoms with Crippen LogP contribution in [0.2, 0.25) is 0 Å². The van der Waals surface area contributed by atoms with Crippen molar-refractivity contribution in [3.63, 3.8) is 0 Å². The molecular weight excluding hydrogens is 284 g/mol. The van der Waals surface area contributed by atoms with Crippen LogP contribution in [0.1, 0.15) is 25.8 Å². The van der Waals surface area contributed by atoms with Crippen molar-refractivity contribution >= 4 is 5.91 Å². The first-order valence-electron chi connectivity index (χ1n) is 7.15. The largest absolute Gasteiger partial charge is 0.493 e. The summed E-state index contributed by atoms with van der Waals surface area (Å²) < 4.78 is 16.0. The number of carbonyl (C=O) groups is 1. The maximum atomic E-state index is 11.9. The minimum absolute atomic E-state index is 0.0460. The lowest BCUT2D eigenvalue weighted by Gasteiger charge is -2.19. The molecule has 1 aromatic rings. The first-order chi connectivity index (χ1) is 10.3. The average molecular weight is 310 g/mol. The van der Waals surface area contributed by atoms with Gasteiger partial charge in [0.1, 0.15) is 0 Å². The molecule has 1 rings (SSSR count). The van der Waals surface area contributed by atoms with E-state index in [1.54, 1.807) is 27.4 Å². The molecule has 0 bridgehead atoms. The van der Waals surface area contributed by atoms with Crippen molar-refractivity contribution in [3.05, 3.63) is 17.7 Å². The van der Waals surface area contributed by atoms with Gasteiger partial charge in [0.15, 0.2) is 11.5 Å². The minimum atomic E-state index is -0.420. The van der Waals surface area contributed by atoms with Crippen molar-refractivity contribution in [1.82, 2.24) is 5.32 Å². The van der Waals surface area contributed by atoms with E-state index in [-0.39, 0.29) is 5.91 Å². The van der Waals surface area contributed by atoms with Crippen LogP contribution in [0.15, 0.2) is 12.1 Å². The van der Waals surface area contributed by atoms with Gasteiger partial charge in [0.05, 0.1) is 21.3 Å². The number of hydrogen-bond donors (Lipinski definition) is 2. The Morgan fingerprint density at radius 3 is 2.27 bits per heavy atom. The highest BCUT2D eigenvalue weighted by molar-refractivity contribution is 5.76. The molecule has 0 aliphatic rings. The van der Waals surface area contributed by atoms with Crippen LogP contribution in [0.25, 0.3) is 0 Å². The van der Waals surface area contributed by atoms with Crippen molar-refractivity contribution in [2.45, 2.75) is 32.2 Å². The number of nitrogens with two attached hydrogens (primary N) is 1. The lowest BCUT2D eigenvalue weighted by Crippen LogP contribution is -2.45. The Labute approximate surface area is 131 Å². The number of rotatable bonds is 8. The second-order valence-corrected chi connectivity index (χ2v) is 5.76. The van der Waals surface area contributed by atoms with Gasteiger partial charge in [-0.05, 0) is 31.9 Å². The summed E-state index contributed by atoms with van der Waals surface area (Å²) >= 11 is 0. The van der Waals surface area contributed by atoms with Gasteiger partial charge in [-0.15, -0.1) is 0 Å². The molecule has 3 N–H and O–H groups in total. The van der Waals surface area contributed by atoms with Crippen LogP contribution in [0.3, 0.4) is 0 Å². The first-order valence-corrected chi connectivity index (χ1v) is 7.15. The number of aryl methyl sites for hydroxylation is 1. The lowest BCUT2D eigenvalue weighted by molar-refractivity contribution is -0.121. The van der Waals surface area contributed by atoms with Crippen LogP contribution in [-0.2, 0) is 11.2 Å². The maximum absolute atomic E-state index is 11.9. The van der Waals surface area contributed by atoms with Gasteiger partial charge in [-0.3, -0.25) is 4.79 Å². The predicted octanol–water partition coefficient (Wildman–Crippen LogP) is 1.50. The van der Waals surface area contributed by atoms with Crippen LogP contribution in [0.4, 0.5) is 0 Å². The molecule has 0 radical (unpaired) electrons. The van der Waals surface area contributed by atoms with E-state index in [1.807, 2.05) is 19.9 Å². The zero-order valence-electron chi connectivity index (χ0n) is 14.0. The zero-order valence-corrected chi connectivity index (χ0v) is 14.0. The number of nitrogens with one attached hydrogen (secondary N) is 1. The molecule has 0 spiro atoms. The number of hydrogen-bond acceptors (Lipinski definition) is 5. The fourth-order valence-electron chi connectivity index (χ4n) is 2.02. The normalized spacial score (nSPS) is 11.0. The number of methoxy groups -OCH3 is 3. The molecule has 0 aliphatic heterocycles. The van der Waals surface area contributed by atoms with E-state index in [4.69, 9.17) is 19.9 Å². The zero-order chi connectivity index (χ0) is 16.8. The van der Waals surface area contributed by atoms with E-state index in [9.17, 15) is 4.79 Å². The third kappa shape index (κ3) is 5.11. The van der Waals surface area contributed by atoms with E-state index >= 15 is 0 Å². The number of carbonyl (C=O) groups excluding carboxylic acids is 1. The number of amides is 1. The Morgan fingerprint density at radius 2 is 1.77 bits per heavy atom. The first kappa shape index (κ1) is 18.1. The highest BCUT2D eigenvalue weighted by Crippen LogP contribution is 2.40. The second kappa shape index (κ2) is 7.89. The van der Waals surface area contributed by atoms with Gasteiger partial charge < -0.3 is 25.3 Å². The molecule has 0 saturated carbocycles. The Balaban J connectivity index is 2.75. The summed E-state index contributed by atoms with van der Waals surface area (Å²) in [5, 5.41) is 2.82. The summed E-state index contributed by atoms with van der Waals surface area (Å²) in [4.78, 5) is 11.9. The SMILES string of the molecule is COc1ccc(CCC(=O)NCC(C)(C)N)c(OC)c1OC. The van der Waals surface area contributed by atoms with E-state index < -0.39 is 5.54 Å². The van der Waals surface area contributed by atoms with Crippen molar-refractivity contribution < 1.29 is 19.0 Å². The summed E-state index contributed by atoms with van der Waals surface area (Å²) in [6.45, 7) is 4.17. The van der Waals surface area contributed by atoms with Crippen LogP contribution in [0.5, 0.6) is 17.2 Å². The van der Waals surface area contributed by atoms with Crippen LogP contribution in [-0.4, -0.2) is 39.3 Å². The number of benzene rings is 1. The van der Waals surface area contributed by atoms with E-state index in [2.05, 4.69) is 5.32 Å². The predicted molar refractivity (Wildman–Crippen MR) is 85.7 cm³/mol. The van der Waals surface area contributed by atoms with E-state index in [1.165, 1.54) is 0 Å². The average Bonchev–Trinajstić information content (AvgIpc) is 2.48. The molecular formula is C16H26N2O4. The molecule has 0 aromatic heterocycles. The van der Waals surface area contributed by atoms with Gasteiger partial charge in [-0.25, -0.2) is 0 Å². The van der Waals surface area contributed by atoms with Crippen LogP contribution < -0.4 is 25.3 Å². The molecule has 6 heteroatoms. The minimum Gasteiger partial charge on any atom is -0.493 e. The molecule has 0 atom stereocenters. The highest BCUT2D eigenvalue weighted by Gasteiger charge is 2.17. The lowest BCUT2D eigenvalue weighted by atomic mass is 10.1. The molecule has 0 unspecified atom stereocenters. The van der Waals surface area contributed by atoms with Crippen molar-refractivity contribution in [3.8, 4) is 17.2 Å². The molecule has 0 saturated heterocycles. The smallest absolute Gasteiger partial charge is 0.220 e. The van der Waals surface area contributed by atoms with Gasteiger partial charge in [0.2, 0.25) is 11.7 Å². The van der Waals surface area contributed by atoms with Gasteiger partial charge in [0.25, 0.3) is 0 Å². The fraction of sp³-hybridized carbons (Fsp3) is 0.562. The summed E-state index contributed by atoms with van der Waals surface area (Å²) in [5.41, 5.74) is 6.31. The Morgan fingerprint density at radius 1 is 1.14 bits per heavy atom. The van der Waals surface area contributed by atoms with Crippen molar-refractivity contribution in [2.75, 3.05) is 27.9 Å².